The van der Waals surface area contributed by atoms with Gasteiger partial charge in [-0.2, -0.15) is 0 Å². The second kappa shape index (κ2) is 3.73. The molecule has 0 saturated heterocycles. The molecule has 0 aromatic heterocycles. The third-order valence-corrected chi connectivity index (χ3v) is 5.52. The smallest absolute Gasteiger partial charge is 0.125 e. The van der Waals surface area contributed by atoms with Crippen LogP contribution in [0.2, 0.25) is 0 Å². The van der Waals surface area contributed by atoms with Crippen LogP contribution in [0.3, 0.4) is 0 Å². The number of hydrogen-bond acceptors (Lipinski definition) is 2. The topological polar surface area (TPSA) is 35.2 Å². The van der Waals surface area contributed by atoms with Gasteiger partial charge in [0.1, 0.15) is 11.4 Å². The van der Waals surface area contributed by atoms with Crippen LogP contribution < -0.4 is 10.5 Å². The van der Waals surface area contributed by atoms with Gasteiger partial charge in [0.05, 0.1) is 0 Å². The predicted molar refractivity (Wildman–Crippen MR) is 74.5 cm³/mol. The molecule has 0 bridgehead atoms. The Balaban J connectivity index is 1.73. The van der Waals surface area contributed by atoms with Crippen molar-refractivity contribution in [2.45, 2.75) is 43.7 Å². The Morgan fingerprint density at radius 3 is 3.17 bits per heavy atom. The molecule has 1 aromatic rings. The zero-order valence-electron chi connectivity index (χ0n) is 10.4. The third kappa shape index (κ3) is 1.56. The van der Waals surface area contributed by atoms with Crippen LogP contribution in [0.1, 0.15) is 43.7 Å². The van der Waals surface area contributed by atoms with Gasteiger partial charge in [0, 0.05) is 28.4 Å². The molecule has 1 aromatic carbocycles. The largest absolute Gasteiger partial charge is 0.487 e. The number of nitrogens with two attached hydrogens (primary N) is 1. The van der Waals surface area contributed by atoms with Crippen LogP contribution in [-0.2, 0) is 0 Å². The van der Waals surface area contributed by atoms with Crippen molar-refractivity contribution < 1.29 is 4.74 Å². The molecule has 18 heavy (non-hydrogen) atoms. The van der Waals surface area contributed by atoms with Crippen LogP contribution >= 0.6 is 15.9 Å². The minimum absolute atomic E-state index is 0.0587. The average Bonchev–Trinajstić information content (AvgIpc) is 3.11. The molecular formula is C15H18BrNO. The minimum Gasteiger partial charge on any atom is -0.487 e. The van der Waals surface area contributed by atoms with Crippen LogP contribution in [0.15, 0.2) is 22.7 Å². The summed E-state index contributed by atoms with van der Waals surface area (Å²) in [5.74, 6) is 2.71. The van der Waals surface area contributed by atoms with Crippen molar-refractivity contribution in [3.63, 3.8) is 0 Å². The summed E-state index contributed by atoms with van der Waals surface area (Å²) in [6.45, 7) is 0. The Kier molecular flexibility index (Phi) is 2.34. The maximum atomic E-state index is 6.44. The molecule has 0 radical (unpaired) electrons. The molecular weight excluding hydrogens is 290 g/mol. The Morgan fingerprint density at radius 2 is 2.28 bits per heavy atom. The average molecular weight is 308 g/mol. The van der Waals surface area contributed by atoms with E-state index >= 15 is 0 Å². The molecule has 96 valence electrons. The molecule has 4 rings (SSSR count). The molecule has 4 atom stereocenters. The van der Waals surface area contributed by atoms with Crippen molar-refractivity contribution in [3.8, 4) is 5.75 Å². The fourth-order valence-electron chi connectivity index (χ4n) is 4.08. The first-order valence-corrected chi connectivity index (χ1v) is 7.71. The first-order chi connectivity index (χ1) is 8.68. The highest BCUT2D eigenvalue weighted by molar-refractivity contribution is 9.10. The molecule has 2 saturated carbocycles. The molecule has 0 amide bonds. The van der Waals surface area contributed by atoms with Gasteiger partial charge in [-0.15, -0.1) is 0 Å². The molecule has 2 N–H and O–H groups in total. The number of benzene rings is 1. The Bertz CT molecular complexity index is 503. The molecule has 4 unspecified atom stereocenters. The molecule has 2 fully saturated rings. The van der Waals surface area contributed by atoms with Crippen LogP contribution in [-0.4, -0.2) is 5.60 Å². The van der Waals surface area contributed by atoms with Crippen molar-refractivity contribution in [2.24, 2.45) is 17.6 Å². The van der Waals surface area contributed by atoms with E-state index < -0.39 is 0 Å². The molecule has 1 heterocycles. The van der Waals surface area contributed by atoms with Gasteiger partial charge in [0.2, 0.25) is 0 Å². The molecule has 2 aliphatic carbocycles. The Labute approximate surface area is 116 Å². The maximum absolute atomic E-state index is 6.44. The summed E-state index contributed by atoms with van der Waals surface area (Å²) in [5.41, 5.74) is 7.62. The van der Waals surface area contributed by atoms with Crippen LogP contribution in [0.25, 0.3) is 0 Å². The second-order valence-electron chi connectivity index (χ2n) is 6.15. The number of ether oxygens (including phenoxy) is 1. The second-order valence-corrected chi connectivity index (χ2v) is 7.07. The normalized spacial score (nSPS) is 40.9. The van der Waals surface area contributed by atoms with Crippen LogP contribution in [0.4, 0.5) is 0 Å². The Hall–Kier alpha value is -0.540. The highest BCUT2D eigenvalue weighted by Gasteiger charge is 2.58. The SMILES string of the molecule is NC1CC2(CCCC3CC32)Oc2ccc(Br)cc21. The van der Waals surface area contributed by atoms with Gasteiger partial charge in [-0.3, -0.25) is 0 Å². The molecule has 1 aliphatic heterocycles. The van der Waals surface area contributed by atoms with Crippen molar-refractivity contribution in [3.05, 3.63) is 28.2 Å². The van der Waals surface area contributed by atoms with Gasteiger partial charge in [-0.1, -0.05) is 15.9 Å². The molecule has 2 nitrogen and oxygen atoms in total. The summed E-state index contributed by atoms with van der Waals surface area (Å²) in [5, 5.41) is 0. The lowest BCUT2D eigenvalue weighted by atomic mass is 9.77. The van der Waals surface area contributed by atoms with Gasteiger partial charge < -0.3 is 10.5 Å². The highest BCUT2D eigenvalue weighted by atomic mass is 79.9. The summed E-state index contributed by atoms with van der Waals surface area (Å²) < 4.78 is 7.53. The van der Waals surface area contributed by atoms with E-state index in [0.717, 1.165) is 34.0 Å². The molecule has 1 spiro atoms. The maximum Gasteiger partial charge on any atom is 0.125 e. The standard InChI is InChI=1S/C15H18BrNO/c16-10-3-4-14-11(7-10)13(17)8-15(18-14)5-1-2-9-6-12(9)15/h3-4,7,9,12-13H,1-2,5-6,8,17H2. The first kappa shape index (κ1) is 11.3. The fourth-order valence-corrected chi connectivity index (χ4v) is 4.46. The van der Waals surface area contributed by atoms with Gasteiger partial charge in [0.15, 0.2) is 0 Å². The summed E-state index contributed by atoms with van der Waals surface area (Å²) in [6, 6.07) is 6.37. The van der Waals surface area contributed by atoms with Crippen molar-refractivity contribution in [2.75, 3.05) is 0 Å². The number of halogens is 1. The van der Waals surface area contributed by atoms with Crippen LogP contribution in [0.5, 0.6) is 5.75 Å². The lowest BCUT2D eigenvalue weighted by molar-refractivity contribution is -0.0121. The monoisotopic (exact) mass is 307 g/mol. The highest BCUT2D eigenvalue weighted by Crippen LogP contribution is 2.60. The van der Waals surface area contributed by atoms with Crippen molar-refractivity contribution >= 4 is 15.9 Å². The minimum atomic E-state index is 0.0587. The quantitative estimate of drug-likeness (QED) is 0.791. The van der Waals surface area contributed by atoms with Gasteiger partial charge in [0.25, 0.3) is 0 Å². The van der Waals surface area contributed by atoms with Gasteiger partial charge in [-0.05, 0) is 49.8 Å². The van der Waals surface area contributed by atoms with E-state index in [4.69, 9.17) is 10.5 Å². The van der Waals surface area contributed by atoms with Crippen molar-refractivity contribution in [1.82, 2.24) is 0 Å². The number of fused-ring (bicyclic) bond motifs is 3. The summed E-state index contributed by atoms with van der Waals surface area (Å²) in [6.07, 6.45) is 6.26. The summed E-state index contributed by atoms with van der Waals surface area (Å²) in [7, 11) is 0. The van der Waals surface area contributed by atoms with E-state index in [-0.39, 0.29) is 11.6 Å². The number of rotatable bonds is 0. The van der Waals surface area contributed by atoms with Crippen molar-refractivity contribution in [1.29, 1.82) is 0 Å². The van der Waals surface area contributed by atoms with E-state index in [1.165, 1.54) is 25.7 Å². The lowest BCUT2D eigenvalue weighted by Crippen LogP contribution is -2.46. The molecule has 3 heteroatoms. The summed E-state index contributed by atoms with van der Waals surface area (Å²) >= 11 is 3.51. The van der Waals surface area contributed by atoms with E-state index in [9.17, 15) is 0 Å². The van der Waals surface area contributed by atoms with E-state index in [2.05, 4.69) is 34.1 Å². The zero-order chi connectivity index (χ0) is 12.3. The van der Waals surface area contributed by atoms with E-state index in [0.29, 0.717) is 0 Å². The third-order valence-electron chi connectivity index (χ3n) is 5.02. The molecule has 3 aliphatic rings. The predicted octanol–water partition coefficient (Wildman–Crippen LogP) is 3.79. The summed E-state index contributed by atoms with van der Waals surface area (Å²) in [4.78, 5) is 0. The number of hydrogen-bond donors (Lipinski definition) is 1. The van der Waals surface area contributed by atoms with Crippen LogP contribution in [0, 0.1) is 11.8 Å². The lowest BCUT2D eigenvalue weighted by Gasteiger charge is -2.44. The first-order valence-electron chi connectivity index (χ1n) is 6.92. The van der Waals surface area contributed by atoms with Gasteiger partial charge >= 0.3 is 0 Å². The fraction of sp³-hybridized carbons (Fsp3) is 0.600. The van der Waals surface area contributed by atoms with E-state index in [1.807, 2.05) is 0 Å². The Morgan fingerprint density at radius 1 is 1.39 bits per heavy atom. The van der Waals surface area contributed by atoms with Gasteiger partial charge in [-0.25, -0.2) is 0 Å². The zero-order valence-corrected chi connectivity index (χ0v) is 11.9. The van der Waals surface area contributed by atoms with E-state index in [1.54, 1.807) is 0 Å².